The second-order valence-corrected chi connectivity index (χ2v) is 7.98. The van der Waals surface area contributed by atoms with Crippen molar-refractivity contribution in [2.45, 2.75) is 25.4 Å². The first-order valence-corrected chi connectivity index (χ1v) is 9.69. The van der Waals surface area contributed by atoms with Crippen molar-refractivity contribution >= 4 is 33.2 Å². The topological polar surface area (TPSA) is 75.7 Å². The molecule has 1 aliphatic heterocycles. The molecule has 1 aromatic carbocycles. The van der Waals surface area contributed by atoms with Crippen LogP contribution in [0.25, 0.3) is 0 Å². The average molecular weight is 361 g/mol. The number of amides is 1. The normalized spacial score (nSPS) is 18.3. The number of halogens is 1. The van der Waals surface area contributed by atoms with Crippen molar-refractivity contribution < 1.29 is 17.9 Å². The lowest BCUT2D eigenvalue weighted by molar-refractivity contribution is -0.116. The van der Waals surface area contributed by atoms with E-state index in [0.717, 1.165) is 19.1 Å². The Bertz CT molecular complexity index is 645. The van der Waals surface area contributed by atoms with E-state index >= 15 is 0 Å². The molecule has 0 aliphatic carbocycles. The highest BCUT2D eigenvalue weighted by molar-refractivity contribution is 7.88. The molecule has 1 aliphatic rings. The van der Waals surface area contributed by atoms with Crippen LogP contribution in [0, 0.1) is 0 Å². The van der Waals surface area contributed by atoms with Crippen LogP contribution in [0.4, 0.5) is 5.69 Å². The first kappa shape index (κ1) is 18.2. The first-order valence-electron chi connectivity index (χ1n) is 7.47. The highest BCUT2D eigenvalue weighted by Gasteiger charge is 2.25. The Labute approximate surface area is 141 Å². The van der Waals surface area contributed by atoms with Crippen molar-refractivity contribution in [1.82, 2.24) is 4.31 Å². The number of carbonyl (C=O) groups excluding carboxylic acids is 1. The number of carbonyl (C=O) groups is 1. The molecule has 23 heavy (non-hydrogen) atoms. The van der Waals surface area contributed by atoms with Crippen molar-refractivity contribution in [1.29, 1.82) is 0 Å². The van der Waals surface area contributed by atoms with E-state index in [4.69, 9.17) is 16.3 Å². The summed E-state index contributed by atoms with van der Waals surface area (Å²) in [5.41, 5.74) is 0.590. The smallest absolute Gasteiger partial charge is 0.225 e. The van der Waals surface area contributed by atoms with Gasteiger partial charge in [-0.15, -0.1) is 0 Å². The summed E-state index contributed by atoms with van der Waals surface area (Å²) in [5, 5.41) is 3.23. The van der Waals surface area contributed by atoms with E-state index < -0.39 is 10.0 Å². The van der Waals surface area contributed by atoms with Gasteiger partial charge < -0.3 is 10.1 Å². The van der Waals surface area contributed by atoms with E-state index in [2.05, 4.69) is 5.32 Å². The minimum atomic E-state index is -3.38. The standard InChI is InChI=1S/C15H21ClN2O4S/c1-23(20,21)18(11-14-6-3-9-22-14)8-7-15(19)17-13-5-2-4-12(16)10-13/h2,4-5,10,14H,3,6-9,11H2,1H3,(H,17,19). The molecule has 1 amide bonds. The molecule has 0 saturated carbocycles. The molecule has 0 spiro atoms. The van der Waals surface area contributed by atoms with Crippen molar-refractivity contribution in [2.24, 2.45) is 0 Å². The number of benzene rings is 1. The highest BCUT2D eigenvalue weighted by atomic mass is 35.5. The molecular formula is C15H21ClN2O4S. The minimum absolute atomic E-state index is 0.0757. The third-order valence-electron chi connectivity index (χ3n) is 3.60. The van der Waals surface area contributed by atoms with Gasteiger partial charge >= 0.3 is 0 Å². The summed E-state index contributed by atoms with van der Waals surface area (Å²) in [6, 6.07) is 6.81. The fourth-order valence-electron chi connectivity index (χ4n) is 2.42. The van der Waals surface area contributed by atoms with Crippen molar-refractivity contribution in [3.8, 4) is 0 Å². The molecule has 128 valence electrons. The van der Waals surface area contributed by atoms with Crippen molar-refractivity contribution in [3.05, 3.63) is 29.3 Å². The van der Waals surface area contributed by atoms with Crippen LogP contribution in [0.15, 0.2) is 24.3 Å². The number of hydrogen-bond acceptors (Lipinski definition) is 4. The summed E-state index contributed by atoms with van der Waals surface area (Å²) >= 11 is 5.86. The molecule has 1 N–H and O–H groups in total. The van der Waals surface area contributed by atoms with E-state index in [1.165, 1.54) is 4.31 Å². The number of sulfonamides is 1. The van der Waals surface area contributed by atoms with Gasteiger partial charge in [-0.2, -0.15) is 4.31 Å². The Morgan fingerprint density at radius 2 is 2.26 bits per heavy atom. The van der Waals surface area contributed by atoms with Crippen LogP contribution >= 0.6 is 11.6 Å². The molecule has 0 bridgehead atoms. The second kappa shape index (κ2) is 8.10. The molecule has 0 radical (unpaired) electrons. The zero-order chi connectivity index (χ0) is 16.9. The Morgan fingerprint density at radius 3 is 2.87 bits per heavy atom. The van der Waals surface area contributed by atoms with Crippen LogP contribution < -0.4 is 5.32 Å². The Kier molecular flexibility index (Phi) is 6.41. The zero-order valence-corrected chi connectivity index (χ0v) is 14.6. The maximum absolute atomic E-state index is 12.0. The van der Waals surface area contributed by atoms with Gasteiger partial charge in [0.05, 0.1) is 12.4 Å². The lowest BCUT2D eigenvalue weighted by Crippen LogP contribution is -2.38. The molecule has 1 fully saturated rings. The maximum Gasteiger partial charge on any atom is 0.225 e. The van der Waals surface area contributed by atoms with Crippen LogP contribution in [-0.4, -0.2) is 50.7 Å². The van der Waals surface area contributed by atoms with Crippen LogP contribution in [0.3, 0.4) is 0 Å². The quantitative estimate of drug-likeness (QED) is 0.808. The average Bonchev–Trinajstić information content (AvgIpc) is 2.95. The Balaban J connectivity index is 1.88. The fourth-order valence-corrected chi connectivity index (χ4v) is 3.47. The fraction of sp³-hybridized carbons (Fsp3) is 0.533. The SMILES string of the molecule is CS(=O)(=O)N(CCC(=O)Nc1cccc(Cl)c1)CC1CCCO1. The molecule has 0 aromatic heterocycles. The first-order chi connectivity index (χ1) is 10.8. The van der Waals surface area contributed by atoms with Crippen LogP contribution in [0.1, 0.15) is 19.3 Å². The lowest BCUT2D eigenvalue weighted by Gasteiger charge is -2.22. The van der Waals surface area contributed by atoms with Crippen LogP contribution in [0.2, 0.25) is 5.02 Å². The summed E-state index contributed by atoms with van der Waals surface area (Å²) in [7, 11) is -3.38. The van der Waals surface area contributed by atoms with E-state index in [-0.39, 0.29) is 25.0 Å². The van der Waals surface area contributed by atoms with E-state index in [9.17, 15) is 13.2 Å². The monoisotopic (exact) mass is 360 g/mol. The van der Waals surface area contributed by atoms with E-state index in [0.29, 0.717) is 23.9 Å². The molecule has 1 saturated heterocycles. The summed E-state index contributed by atoms with van der Waals surface area (Å²) in [6.45, 7) is 1.09. The van der Waals surface area contributed by atoms with Crippen molar-refractivity contribution in [2.75, 3.05) is 31.3 Å². The van der Waals surface area contributed by atoms with Gasteiger partial charge in [-0.3, -0.25) is 4.79 Å². The lowest BCUT2D eigenvalue weighted by atomic mass is 10.2. The van der Waals surface area contributed by atoms with Crippen LogP contribution in [-0.2, 0) is 19.6 Å². The van der Waals surface area contributed by atoms with Crippen LogP contribution in [0.5, 0.6) is 0 Å². The number of rotatable bonds is 7. The van der Waals surface area contributed by atoms with Gasteiger partial charge in [0.25, 0.3) is 0 Å². The predicted molar refractivity (Wildman–Crippen MR) is 90.1 cm³/mol. The van der Waals surface area contributed by atoms with Gasteiger partial charge in [-0.05, 0) is 31.0 Å². The molecule has 1 atom stereocenters. The summed E-state index contributed by atoms with van der Waals surface area (Å²) in [6.07, 6.45) is 2.93. The summed E-state index contributed by atoms with van der Waals surface area (Å²) < 4.78 is 30.5. The Hall–Kier alpha value is -1.15. The predicted octanol–water partition coefficient (Wildman–Crippen LogP) is 2.11. The molecule has 8 heteroatoms. The number of ether oxygens (including phenoxy) is 1. The van der Waals surface area contributed by atoms with Gasteiger partial charge in [0.1, 0.15) is 0 Å². The Morgan fingerprint density at radius 1 is 1.48 bits per heavy atom. The number of nitrogens with one attached hydrogen (secondary N) is 1. The molecule has 1 unspecified atom stereocenters. The number of nitrogens with zero attached hydrogens (tertiary/aromatic N) is 1. The zero-order valence-electron chi connectivity index (χ0n) is 13.0. The third-order valence-corrected chi connectivity index (χ3v) is 5.10. The molecule has 1 aromatic rings. The van der Waals surface area contributed by atoms with E-state index in [1.54, 1.807) is 24.3 Å². The number of anilines is 1. The highest BCUT2D eigenvalue weighted by Crippen LogP contribution is 2.17. The third kappa shape index (κ3) is 6.10. The van der Waals surface area contributed by atoms with Gasteiger partial charge in [-0.25, -0.2) is 8.42 Å². The van der Waals surface area contributed by atoms with Gasteiger partial charge in [0, 0.05) is 36.8 Å². The largest absolute Gasteiger partial charge is 0.377 e. The molecule has 6 nitrogen and oxygen atoms in total. The molecule has 2 rings (SSSR count). The summed E-state index contributed by atoms with van der Waals surface area (Å²) in [4.78, 5) is 12.0. The van der Waals surface area contributed by atoms with Gasteiger partial charge in [-0.1, -0.05) is 17.7 Å². The number of hydrogen-bond donors (Lipinski definition) is 1. The van der Waals surface area contributed by atoms with Gasteiger partial charge in [0.15, 0.2) is 0 Å². The molecular weight excluding hydrogens is 340 g/mol. The molecule has 1 heterocycles. The second-order valence-electron chi connectivity index (χ2n) is 5.56. The summed E-state index contributed by atoms with van der Waals surface area (Å²) in [5.74, 6) is -0.256. The van der Waals surface area contributed by atoms with Gasteiger partial charge in [0.2, 0.25) is 15.9 Å². The van der Waals surface area contributed by atoms with E-state index in [1.807, 2.05) is 0 Å². The van der Waals surface area contributed by atoms with Crippen molar-refractivity contribution in [3.63, 3.8) is 0 Å². The maximum atomic E-state index is 12.0. The minimum Gasteiger partial charge on any atom is -0.377 e.